The second-order valence-electron chi connectivity index (χ2n) is 4.82. The first kappa shape index (κ1) is 12.2. The van der Waals surface area contributed by atoms with Crippen LogP contribution in [0.25, 0.3) is 11.0 Å². The van der Waals surface area contributed by atoms with Gasteiger partial charge in [0.25, 0.3) is 0 Å². The summed E-state index contributed by atoms with van der Waals surface area (Å²) in [5, 5.41) is 2.16. The predicted octanol–water partition coefficient (Wildman–Crippen LogP) is 4.03. The van der Waals surface area contributed by atoms with Crippen molar-refractivity contribution in [3.63, 3.8) is 0 Å². The number of hydrogen-bond donors (Lipinski definition) is 1. The van der Waals surface area contributed by atoms with Crippen LogP contribution in [0.15, 0.2) is 40.5 Å². The minimum Gasteiger partial charge on any atom is -0.333 e. The topological polar surface area (TPSA) is 54.5 Å². The van der Waals surface area contributed by atoms with E-state index in [-0.39, 0.29) is 0 Å². The van der Waals surface area contributed by atoms with Crippen LogP contribution in [0.1, 0.15) is 24.6 Å². The number of halogens is 1. The molecular formula is C14H11ClN4S. The fourth-order valence-electron chi connectivity index (χ4n) is 2.07. The van der Waals surface area contributed by atoms with Crippen LogP contribution in [0.4, 0.5) is 0 Å². The molecule has 1 fully saturated rings. The molecule has 0 amide bonds. The Labute approximate surface area is 125 Å². The number of aromatic nitrogens is 4. The molecule has 0 unspecified atom stereocenters. The van der Waals surface area contributed by atoms with Crippen molar-refractivity contribution in [2.24, 2.45) is 0 Å². The molecular weight excluding hydrogens is 292 g/mol. The summed E-state index contributed by atoms with van der Waals surface area (Å²) in [5.41, 5.74) is 1.98. The molecule has 0 spiro atoms. The standard InChI is InChI=1S/C14H11ClN4S/c15-11-7-12(19-13(18-11)8-5-6-8)20-14-16-9-3-1-2-4-10(9)17-14/h1-4,7-8H,5-6H2,(H,16,17). The number of aromatic amines is 1. The van der Waals surface area contributed by atoms with Crippen molar-refractivity contribution in [3.8, 4) is 0 Å². The van der Waals surface area contributed by atoms with Crippen LogP contribution >= 0.6 is 23.4 Å². The maximum atomic E-state index is 6.07. The second kappa shape index (κ2) is 4.75. The number of imidazole rings is 1. The van der Waals surface area contributed by atoms with E-state index in [1.807, 2.05) is 24.3 Å². The zero-order valence-corrected chi connectivity index (χ0v) is 12.1. The Morgan fingerprint density at radius 3 is 2.80 bits per heavy atom. The van der Waals surface area contributed by atoms with Crippen molar-refractivity contribution in [2.45, 2.75) is 28.9 Å². The first-order valence-electron chi connectivity index (χ1n) is 6.45. The van der Waals surface area contributed by atoms with Crippen molar-refractivity contribution >= 4 is 34.4 Å². The third-order valence-corrected chi connectivity index (χ3v) is 4.20. The Morgan fingerprint density at radius 2 is 2.00 bits per heavy atom. The number of benzene rings is 1. The molecule has 2 aromatic heterocycles. The lowest BCUT2D eigenvalue weighted by atomic mass is 10.3. The highest BCUT2D eigenvalue weighted by atomic mass is 35.5. The van der Waals surface area contributed by atoms with E-state index in [9.17, 15) is 0 Å². The number of nitrogens with zero attached hydrogens (tertiary/aromatic N) is 3. The van der Waals surface area contributed by atoms with Gasteiger partial charge in [0.05, 0.1) is 11.0 Å². The molecule has 1 aromatic carbocycles. The van der Waals surface area contributed by atoms with Gasteiger partial charge in [-0.2, -0.15) is 0 Å². The van der Waals surface area contributed by atoms with Gasteiger partial charge in [0.15, 0.2) is 5.16 Å². The number of fused-ring (bicyclic) bond motifs is 1. The fourth-order valence-corrected chi connectivity index (χ4v) is 3.13. The maximum absolute atomic E-state index is 6.07. The smallest absolute Gasteiger partial charge is 0.172 e. The molecule has 0 saturated heterocycles. The van der Waals surface area contributed by atoms with Crippen LogP contribution in [0.5, 0.6) is 0 Å². The van der Waals surface area contributed by atoms with Crippen LogP contribution in [0.2, 0.25) is 5.15 Å². The normalized spacial score (nSPS) is 14.8. The molecule has 2 heterocycles. The number of H-pyrrole nitrogens is 1. The monoisotopic (exact) mass is 302 g/mol. The summed E-state index contributed by atoms with van der Waals surface area (Å²) in [6, 6.07) is 9.74. The van der Waals surface area contributed by atoms with Crippen LogP contribution in [-0.2, 0) is 0 Å². The summed E-state index contributed by atoms with van der Waals surface area (Å²) in [5.74, 6) is 1.35. The molecule has 0 bridgehead atoms. The molecule has 4 rings (SSSR count). The predicted molar refractivity (Wildman–Crippen MR) is 79.2 cm³/mol. The van der Waals surface area contributed by atoms with Gasteiger partial charge in [0.1, 0.15) is 16.0 Å². The lowest BCUT2D eigenvalue weighted by Crippen LogP contribution is -1.94. The van der Waals surface area contributed by atoms with Gasteiger partial charge >= 0.3 is 0 Å². The molecule has 1 N–H and O–H groups in total. The quantitative estimate of drug-likeness (QED) is 0.742. The summed E-state index contributed by atoms with van der Waals surface area (Å²) in [6.45, 7) is 0. The van der Waals surface area contributed by atoms with Gasteiger partial charge in [-0.3, -0.25) is 0 Å². The van der Waals surface area contributed by atoms with Gasteiger partial charge < -0.3 is 4.98 Å². The van der Waals surface area contributed by atoms with E-state index in [1.165, 1.54) is 11.8 Å². The van der Waals surface area contributed by atoms with E-state index in [1.54, 1.807) is 6.07 Å². The number of nitrogens with one attached hydrogen (secondary N) is 1. The molecule has 6 heteroatoms. The lowest BCUT2D eigenvalue weighted by molar-refractivity contribution is 0.876. The zero-order chi connectivity index (χ0) is 13.5. The highest BCUT2D eigenvalue weighted by molar-refractivity contribution is 7.99. The van der Waals surface area contributed by atoms with E-state index in [2.05, 4.69) is 19.9 Å². The van der Waals surface area contributed by atoms with E-state index in [4.69, 9.17) is 11.6 Å². The first-order chi connectivity index (χ1) is 9.78. The second-order valence-corrected chi connectivity index (χ2v) is 6.22. The van der Waals surface area contributed by atoms with Crippen molar-refractivity contribution in [3.05, 3.63) is 41.3 Å². The van der Waals surface area contributed by atoms with Gasteiger partial charge in [-0.1, -0.05) is 23.7 Å². The summed E-state index contributed by atoms with van der Waals surface area (Å²) in [4.78, 5) is 16.7. The van der Waals surface area contributed by atoms with Crippen LogP contribution < -0.4 is 0 Å². The average molecular weight is 303 g/mol. The van der Waals surface area contributed by atoms with E-state index >= 15 is 0 Å². The SMILES string of the molecule is Clc1cc(Sc2nc3ccccc3[nH]2)nc(C2CC2)n1. The van der Waals surface area contributed by atoms with E-state index in [0.29, 0.717) is 11.1 Å². The number of para-hydroxylation sites is 2. The minimum atomic E-state index is 0.490. The third kappa shape index (κ3) is 2.39. The summed E-state index contributed by atoms with van der Waals surface area (Å²) < 4.78 is 0. The molecule has 4 nitrogen and oxygen atoms in total. The van der Waals surface area contributed by atoms with E-state index in [0.717, 1.165) is 39.9 Å². The largest absolute Gasteiger partial charge is 0.333 e. The summed E-state index contributed by atoms with van der Waals surface area (Å²) in [6.07, 6.45) is 2.32. The summed E-state index contributed by atoms with van der Waals surface area (Å²) in [7, 11) is 0. The minimum absolute atomic E-state index is 0.490. The van der Waals surface area contributed by atoms with Crippen molar-refractivity contribution < 1.29 is 0 Å². The Morgan fingerprint density at radius 1 is 1.15 bits per heavy atom. The highest BCUT2D eigenvalue weighted by Gasteiger charge is 2.27. The molecule has 0 radical (unpaired) electrons. The molecule has 0 aliphatic heterocycles. The van der Waals surface area contributed by atoms with Crippen molar-refractivity contribution in [1.29, 1.82) is 0 Å². The maximum Gasteiger partial charge on any atom is 0.172 e. The first-order valence-corrected chi connectivity index (χ1v) is 7.64. The van der Waals surface area contributed by atoms with Crippen LogP contribution in [-0.4, -0.2) is 19.9 Å². The average Bonchev–Trinajstić information content (AvgIpc) is 3.19. The van der Waals surface area contributed by atoms with Crippen LogP contribution in [0, 0.1) is 0 Å². The molecule has 100 valence electrons. The number of hydrogen-bond acceptors (Lipinski definition) is 4. The molecule has 20 heavy (non-hydrogen) atoms. The Balaban J connectivity index is 1.67. The third-order valence-electron chi connectivity index (χ3n) is 3.20. The van der Waals surface area contributed by atoms with Crippen molar-refractivity contribution in [2.75, 3.05) is 0 Å². The zero-order valence-electron chi connectivity index (χ0n) is 10.5. The van der Waals surface area contributed by atoms with Gasteiger partial charge in [-0.15, -0.1) is 0 Å². The lowest BCUT2D eigenvalue weighted by Gasteiger charge is -2.02. The molecule has 1 aliphatic rings. The highest BCUT2D eigenvalue weighted by Crippen LogP contribution is 2.39. The molecule has 3 aromatic rings. The molecule has 1 aliphatic carbocycles. The van der Waals surface area contributed by atoms with E-state index < -0.39 is 0 Å². The molecule has 1 saturated carbocycles. The summed E-state index contributed by atoms with van der Waals surface area (Å²) >= 11 is 7.56. The van der Waals surface area contributed by atoms with Gasteiger partial charge in [-0.05, 0) is 36.7 Å². The van der Waals surface area contributed by atoms with Crippen LogP contribution in [0.3, 0.4) is 0 Å². The Kier molecular flexibility index (Phi) is 2.89. The van der Waals surface area contributed by atoms with Gasteiger partial charge in [-0.25, -0.2) is 15.0 Å². The van der Waals surface area contributed by atoms with Gasteiger partial charge in [0.2, 0.25) is 0 Å². The molecule has 0 atom stereocenters. The number of rotatable bonds is 3. The van der Waals surface area contributed by atoms with Gasteiger partial charge in [0, 0.05) is 12.0 Å². The Bertz CT molecular complexity index is 749. The van der Waals surface area contributed by atoms with Crippen molar-refractivity contribution in [1.82, 2.24) is 19.9 Å². The fraction of sp³-hybridized carbons (Fsp3) is 0.214. The Hall–Kier alpha value is -1.59.